The SMILES string of the molecule is CCOC(=O)C1=C(c2ccccc2)N=c2s/c(=C\c3cc(C)n(-c4ccc(C(=O)OCC)cc4)c3C)c(=O)n2[C@H]1c1ccc(SC)cc1. The summed E-state index contributed by atoms with van der Waals surface area (Å²) in [6.45, 7) is 8.05. The minimum absolute atomic E-state index is 0.189. The fourth-order valence-electron chi connectivity index (χ4n) is 5.98. The summed E-state index contributed by atoms with van der Waals surface area (Å²) in [5, 5.41) is 0. The Hall–Kier alpha value is -4.93. The first-order chi connectivity index (χ1) is 23.2. The summed E-state index contributed by atoms with van der Waals surface area (Å²) in [5.41, 5.74) is 6.28. The Bertz CT molecular complexity index is 2210. The fraction of sp³-hybridized carbons (Fsp3) is 0.211. The van der Waals surface area contributed by atoms with Crippen LogP contribution in [0.25, 0.3) is 17.5 Å². The second-order valence-corrected chi connectivity index (χ2v) is 13.0. The van der Waals surface area contributed by atoms with Crippen LogP contribution < -0.4 is 14.9 Å². The average molecular weight is 678 g/mol. The predicted molar refractivity (Wildman–Crippen MR) is 190 cm³/mol. The highest BCUT2D eigenvalue weighted by Crippen LogP contribution is 2.35. The summed E-state index contributed by atoms with van der Waals surface area (Å²) < 4.78 is 14.9. The van der Waals surface area contributed by atoms with Crippen molar-refractivity contribution in [2.45, 2.75) is 38.6 Å². The van der Waals surface area contributed by atoms with E-state index >= 15 is 0 Å². The van der Waals surface area contributed by atoms with Crippen molar-refractivity contribution in [2.75, 3.05) is 19.5 Å². The van der Waals surface area contributed by atoms with E-state index in [0.29, 0.717) is 32.8 Å². The van der Waals surface area contributed by atoms with E-state index in [2.05, 4.69) is 4.57 Å². The number of hydrogen-bond acceptors (Lipinski definition) is 8. The number of esters is 2. The van der Waals surface area contributed by atoms with Crippen molar-refractivity contribution in [3.05, 3.63) is 144 Å². The highest BCUT2D eigenvalue weighted by atomic mass is 32.2. The Kier molecular flexibility index (Phi) is 9.66. The maximum atomic E-state index is 14.4. The summed E-state index contributed by atoms with van der Waals surface area (Å²) in [6, 6.07) is 26.0. The lowest BCUT2D eigenvalue weighted by molar-refractivity contribution is -0.138. The van der Waals surface area contributed by atoms with Gasteiger partial charge in [0.05, 0.1) is 40.6 Å². The fourth-order valence-corrected chi connectivity index (χ4v) is 7.38. The standard InChI is InChI=1S/C38H35N3O5S2/c1-6-45-36(43)27-13-17-29(18-14-27)40-23(3)21-28(24(40)4)22-31-35(42)41-34(26-15-19-30(47-5)20-16-26)32(37(44)46-7-2)33(39-38(41)48-31)25-11-9-8-10-12-25/h8-22,34H,6-7H2,1-5H3/b31-22-/t34-/m0/s1. The molecule has 1 atom stereocenters. The Morgan fingerprint density at radius 1 is 0.917 bits per heavy atom. The second kappa shape index (κ2) is 14.0. The first-order valence-electron chi connectivity index (χ1n) is 15.6. The van der Waals surface area contributed by atoms with Gasteiger partial charge in [-0.1, -0.05) is 53.8 Å². The average Bonchev–Trinajstić information content (AvgIpc) is 3.57. The minimum Gasteiger partial charge on any atom is -0.463 e. The lowest BCUT2D eigenvalue weighted by atomic mass is 9.93. The zero-order valence-electron chi connectivity index (χ0n) is 27.4. The van der Waals surface area contributed by atoms with Gasteiger partial charge in [0.1, 0.15) is 0 Å². The molecule has 0 saturated carbocycles. The molecular formula is C38H35N3O5S2. The van der Waals surface area contributed by atoms with Crippen molar-refractivity contribution < 1.29 is 19.1 Å². The van der Waals surface area contributed by atoms with Crippen molar-refractivity contribution >= 4 is 46.8 Å². The molecular weight excluding hydrogens is 643 g/mol. The number of thioether (sulfide) groups is 1. The number of aryl methyl sites for hydroxylation is 1. The number of carbonyl (C=O) groups is 2. The third-order valence-corrected chi connectivity index (χ3v) is 9.93. The van der Waals surface area contributed by atoms with Gasteiger partial charge in [-0.2, -0.15) is 0 Å². The van der Waals surface area contributed by atoms with Gasteiger partial charge in [0, 0.05) is 27.5 Å². The van der Waals surface area contributed by atoms with Gasteiger partial charge >= 0.3 is 11.9 Å². The molecule has 8 nitrogen and oxygen atoms in total. The van der Waals surface area contributed by atoms with Crippen LogP contribution in [0.2, 0.25) is 0 Å². The van der Waals surface area contributed by atoms with Crippen LogP contribution in [0, 0.1) is 13.8 Å². The normalized spacial score (nSPS) is 14.4. The minimum atomic E-state index is -0.737. The van der Waals surface area contributed by atoms with Gasteiger partial charge in [-0.05, 0) is 93.6 Å². The van der Waals surface area contributed by atoms with Crippen molar-refractivity contribution in [1.82, 2.24) is 9.13 Å². The van der Waals surface area contributed by atoms with E-state index in [0.717, 1.165) is 38.7 Å². The van der Waals surface area contributed by atoms with Gasteiger partial charge < -0.3 is 14.0 Å². The maximum absolute atomic E-state index is 14.4. The molecule has 0 saturated heterocycles. The van der Waals surface area contributed by atoms with Crippen molar-refractivity contribution in [1.29, 1.82) is 0 Å². The summed E-state index contributed by atoms with van der Waals surface area (Å²) in [4.78, 5) is 46.8. The number of fused-ring (bicyclic) bond motifs is 1. The molecule has 3 heterocycles. The largest absolute Gasteiger partial charge is 0.463 e. The van der Waals surface area contributed by atoms with Crippen LogP contribution in [-0.2, 0) is 14.3 Å². The highest BCUT2D eigenvalue weighted by molar-refractivity contribution is 7.98. The summed E-state index contributed by atoms with van der Waals surface area (Å²) >= 11 is 2.92. The van der Waals surface area contributed by atoms with Gasteiger partial charge in [-0.25, -0.2) is 14.6 Å². The number of nitrogens with zero attached hydrogens (tertiary/aromatic N) is 3. The highest BCUT2D eigenvalue weighted by Gasteiger charge is 2.35. The van der Waals surface area contributed by atoms with Gasteiger partial charge in [-0.15, -0.1) is 11.8 Å². The molecule has 1 aliphatic rings. The number of carbonyl (C=O) groups excluding carboxylic acids is 2. The molecule has 5 aromatic rings. The molecule has 6 rings (SSSR count). The Morgan fingerprint density at radius 2 is 1.58 bits per heavy atom. The molecule has 0 bridgehead atoms. The zero-order valence-corrected chi connectivity index (χ0v) is 29.0. The van der Waals surface area contributed by atoms with E-state index in [4.69, 9.17) is 14.5 Å². The van der Waals surface area contributed by atoms with Crippen LogP contribution in [0.1, 0.15) is 58.3 Å². The molecule has 0 spiro atoms. The molecule has 0 amide bonds. The summed E-state index contributed by atoms with van der Waals surface area (Å²) in [5.74, 6) is -0.869. The van der Waals surface area contributed by atoms with Crippen molar-refractivity contribution in [3.63, 3.8) is 0 Å². The van der Waals surface area contributed by atoms with Gasteiger partial charge in [0.15, 0.2) is 4.80 Å². The molecule has 0 radical (unpaired) electrons. The molecule has 3 aromatic carbocycles. The van der Waals surface area contributed by atoms with Crippen LogP contribution in [0.4, 0.5) is 0 Å². The third-order valence-electron chi connectivity index (χ3n) is 8.20. The summed E-state index contributed by atoms with van der Waals surface area (Å²) in [7, 11) is 0. The van der Waals surface area contributed by atoms with Crippen LogP contribution in [0.3, 0.4) is 0 Å². The number of thiazole rings is 1. The number of rotatable bonds is 9. The quantitative estimate of drug-likeness (QED) is 0.136. The Labute approximate surface area is 286 Å². The van der Waals surface area contributed by atoms with Crippen molar-refractivity contribution in [3.8, 4) is 5.69 Å². The number of hydrogen-bond donors (Lipinski definition) is 0. The van der Waals surface area contributed by atoms with E-state index in [9.17, 15) is 14.4 Å². The molecule has 0 fully saturated rings. The van der Waals surface area contributed by atoms with E-state index in [1.807, 2.05) is 99.0 Å². The lowest BCUT2D eigenvalue weighted by Gasteiger charge is -2.26. The molecule has 48 heavy (non-hydrogen) atoms. The van der Waals surface area contributed by atoms with Crippen LogP contribution in [0.5, 0.6) is 0 Å². The number of benzene rings is 3. The zero-order chi connectivity index (χ0) is 33.9. The van der Waals surface area contributed by atoms with Crippen LogP contribution >= 0.6 is 23.1 Å². The molecule has 10 heteroatoms. The Morgan fingerprint density at radius 3 is 2.23 bits per heavy atom. The van der Waals surface area contributed by atoms with Crippen molar-refractivity contribution in [2.24, 2.45) is 4.99 Å². The van der Waals surface area contributed by atoms with E-state index in [1.165, 1.54) is 11.3 Å². The first-order valence-corrected chi connectivity index (χ1v) is 17.7. The van der Waals surface area contributed by atoms with E-state index in [-0.39, 0.29) is 18.1 Å². The van der Waals surface area contributed by atoms with Gasteiger partial charge in [0.25, 0.3) is 5.56 Å². The number of aromatic nitrogens is 2. The summed E-state index contributed by atoms with van der Waals surface area (Å²) in [6.07, 6.45) is 3.89. The van der Waals surface area contributed by atoms with Crippen LogP contribution in [-0.4, -0.2) is 40.5 Å². The number of ether oxygens (including phenoxy) is 2. The topological polar surface area (TPSA) is 91.9 Å². The molecule has 244 valence electrons. The molecule has 0 aliphatic carbocycles. The van der Waals surface area contributed by atoms with E-state index in [1.54, 1.807) is 42.3 Å². The lowest BCUT2D eigenvalue weighted by Crippen LogP contribution is -2.40. The van der Waals surface area contributed by atoms with Gasteiger partial charge in [0.2, 0.25) is 0 Å². The third kappa shape index (κ3) is 6.21. The van der Waals surface area contributed by atoms with Crippen LogP contribution in [0.15, 0.2) is 105 Å². The van der Waals surface area contributed by atoms with E-state index < -0.39 is 12.0 Å². The van der Waals surface area contributed by atoms with Gasteiger partial charge in [-0.3, -0.25) is 9.36 Å². The predicted octanol–water partition coefficient (Wildman–Crippen LogP) is 6.24. The Balaban J connectivity index is 1.52. The molecule has 1 aliphatic heterocycles. The molecule has 2 aromatic heterocycles. The molecule has 0 unspecified atom stereocenters. The maximum Gasteiger partial charge on any atom is 0.338 e. The first kappa shape index (κ1) is 33.0. The molecule has 0 N–H and O–H groups in total. The smallest absolute Gasteiger partial charge is 0.338 e. The monoisotopic (exact) mass is 677 g/mol. The second-order valence-electron chi connectivity index (χ2n) is 11.1.